The van der Waals surface area contributed by atoms with E-state index >= 15 is 0 Å². The lowest BCUT2D eigenvalue weighted by Crippen LogP contribution is -2.21. The van der Waals surface area contributed by atoms with Crippen molar-refractivity contribution in [3.8, 4) is 0 Å². The molecule has 1 rings (SSSR count). The molecule has 0 aliphatic heterocycles. The fourth-order valence-electron chi connectivity index (χ4n) is 0.983. The molecule has 1 fully saturated rings. The van der Waals surface area contributed by atoms with Crippen molar-refractivity contribution in [1.29, 1.82) is 0 Å². The minimum Gasteiger partial charge on any atom is -0.741 e. The lowest BCUT2D eigenvalue weighted by atomic mass is 9.99. The highest BCUT2D eigenvalue weighted by Crippen LogP contribution is 2.20. The van der Waals surface area contributed by atoms with Gasteiger partial charge in [0.1, 0.15) is 0 Å². The van der Waals surface area contributed by atoms with Crippen LogP contribution in [-0.4, -0.2) is 29.5 Å². The van der Waals surface area contributed by atoms with Crippen molar-refractivity contribution < 1.29 is 30.9 Å². The van der Waals surface area contributed by atoms with Crippen LogP contribution in [0.4, 0.5) is 13.2 Å². The Morgan fingerprint density at radius 3 is 1.94 bits per heavy atom. The minimum absolute atomic E-state index is 0.170. The summed E-state index contributed by atoms with van der Waals surface area (Å²) in [5.74, 6) is 0.382. The van der Waals surface area contributed by atoms with Gasteiger partial charge in [-0.15, -0.1) is 0 Å². The van der Waals surface area contributed by atoms with Crippen LogP contribution in [0.15, 0.2) is 0 Å². The molecule has 0 saturated heterocycles. The molecular formula is C7H11F3O4S2. The van der Waals surface area contributed by atoms with E-state index in [1.165, 1.54) is 6.42 Å². The van der Waals surface area contributed by atoms with E-state index in [1.807, 2.05) is 0 Å². The monoisotopic (exact) mass is 280 g/mol. The lowest BCUT2D eigenvalue weighted by molar-refractivity contribution is -0.119. The molecule has 0 spiro atoms. The molecule has 0 heterocycles. The molecule has 1 aliphatic carbocycles. The van der Waals surface area contributed by atoms with Crippen LogP contribution in [0.2, 0.25) is 0 Å². The number of carbonyl (C=O) groups excluding carboxylic acids is 1. The van der Waals surface area contributed by atoms with E-state index in [4.69, 9.17) is 13.0 Å². The van der Waals surface area contributed by atoms with Crippen LogP contribution in [0.1, 0.15) is 25.7 Å². The van der Waals surface area contributed by atoms with Crippen LogP contribution in [0, 0.1) is 0 Å². The molecule has 96 valence electrons. The molecule has 0 bridgehead atoms. The maximum atomic E-state index is 10.7. The topological polar surface area (TPSA) is 74.3 Å². The first-order valence-corrected chi connectivity index (χ1v) is 6.30. The lowest BCUT2D eigenvalue weighted by Gasteiger charge is -2.09. The predicted octanol–water partition coefficient (Wildman–Crippen LogP) is 0.561. The molecule has 16 heavy (non-hydrogen) atoms. The average Bonchev–Trinajstić information content (AvgIpc) is 2.08. The van der Waals surface area contributed by atoms with Gasteiger partial charge in [-0.25, -0.2) is 8.42 Å². The fourth-order valence-corrected chi connectivity index (χ4v) is 1.33. The number of rotatable bonds is 0. The van der Waals surface area contributed by atoms with E-state index in [-0.39, 0.29) is 5.25 Å². The van der Waals surface area contributed by atoms with Crippen molar-refractivity contribution in [3.05, 3.63) is 0 Å². The largest absolute Gasteiger partial charge is 0.741 e. The van der Waals surface area contributed by atoms with E-state index in [1.54, 1.807) is 0 Å². The Morgan fingerprint density at radius 2 is 1.75 bits per heavy atom. The van der Waals surface area contributed by atoms with Gasteiger partial charge >= 0.3 is 5.51 Å². The van der Waals surface area contributed by atoms with Crippen LogP contribution in [0.5, 0.6) is 0 Å². The molecule has 0 radical (unpaired) electrons. The molecular weight excluding hydrogens is 269 g/mol. The number of hydrogen-bond acceptors (Lipinski definition) is 4. The third-order valence-corrected chi connectivity index (χ3v) is 3.02. The van der Waals surface area contributed by atoms with E-state index in [2.05, 4.69) is 12.6 Å². The summed E-state index contributed by atoms with van der Waals surface area (Å²) >= 11 is 3.35. The molecule has 0 aromatic carbocycles. The van der Waals surface area contributed by atoms with E-state index < -0.39 is 15.6 Å². The van der Waals surface area contributed by atoms with Crippen molar-refractivity contribution in [3.63, 3.8) is 0 Å². The van der Waals surface area contributed by atoms with Gasteiger partial charge in [-0.2, -0.15) is 13.2 Å². The zero-order valence-electron chi connectivity index (χ0n) is 8.08. The summed E-state index contributed by atoms with van der Waals surface area (Å²) in [5.41, 5.74) is -5.65. The third-order valence-electron chi connectivity index (χ3n) is 1.84. The van der Waals surface area contributed by atoms with Crippen LogP contribution in [0.3, 0.4) is 0 Å². The summed E-state index contributed by atoms with van der Waals surface area (Å²) in [4.78, 5) is 10.7. The fraction of sp³-hybridized carbons (Fsp3) is 0.857. The van der Waals surface area contributed by atoms with Gasteiger partial charge in [-0.05, 0) is 25.5 Å². The highest BCUT2D eigenvalue weighted by molar-refractivity contribution is 7.86. The first kappa shape index (κ1) is 15.7. The summed E-state index contributed by atoms with van der Waals surface area (Å²) in [6.45, 7) is 0. The van der Waals surface area contributed by atoms with Gasteiger partial charge in [0.15, 0.2) is 21.2 Å². The Bertz CT molecular complexity index is 336. The van der Waals surface area contributed by atoms with Crippen molar-refractivity contribution in [2.75, 3.05) is 0 Å². The van der Waals surface area contributed by atoms with Gasteiger partial charge in [0.2, 0.25) is 0 Å². The molecule has 0 amide bonds. The smallest absolute Gasteiger partial charge is 0.485 e. The Labute approximate surface area is 96.4 Å². The van der Waals surface area contributed by atoms with Gasteiger partial charge in [-0.1, -0.05) is 0 Å². The van der Waals surface area contributed by atoms with Gasteiger partial charge in [0, 0.05) is 12.8 Å². The summed E-state index contributed by atoms with van der Waals surface area (Å²) in [6, 6.07) is 0. The first-order valence-electron chi connectivity index (χ1n) is 4.31. The molecule has 1 unspecified atom stereocenters. The van der Waals surface area contributed by atoms with Crippen LogP contribution in [0.25, 0.3) is 0 Å². The number of alkyl halides is 3. The van der Waals surface area contributed by atoms with Crippen LogP contribution >= 0.6 is 0 Å². The number of ketones is 1. The molecule has 0 N–H and O–H groups in total. The Kier molecular flexibility index (Phi) is 5.77. The maximum Gasteiger partial charge on any atom is 0.485 e. The zero-order chi connectivity index (χ0) is 13.0. The summed E-state index contributed by atoms with van der Waals surface area (Å²) in [7, 11) is -6.09. The second-order valence-corrected chi connectivity index (χ2v) is 5.23. The predicted molar refractivity (Wildman–Crippen MR) is 53.2 cm³/mol. The zero-order valence-corrected chi connectivity index (χ0v) is 9.90. The second kappa shape index (κ2) is 5.87. The summed E-state index contributed by atoms with van der Waals surface area (Å²) in [6.07, 6.45) is 4.13. The molecule has 0 aromatic rings. The molecule has 4 nitrogen and oxygen atoms in total. The molecule has 9 heteroatoms. The second-order valence-electron chi connectivity index (χ2n) is 3.16. The Morgan fingerprint density at radius 1 is 1.31 bits per heavy atom. The van der Waals surface area contributed by atoms with Gasteiger partial charge in [-0.3, -0.25) is 4.79 Å². The van der Waals surface area contributed by atoms with Crippen LogP contribution in [-0.2, 0) is 27.5 Å². The molecule has 1 aliphatic rings. The van der Waals surface area contributed by atoms with Gasteiger partial charge in [0.25, 0.3) is 0 Å². The van der Waals surface area contributed by atoms with E-state index in [0.717, 1.165) is 19.3 Å². The minimum atomic E-state index is -6.09. The highest BCUT2D eigenvalue weighted by Gasteiger charge is 2.36. The third kappa shape index (κ3) is 5.71. The summed E-state index contributed by atoms with van der Waals surface area (Å²) in [5, 5.41) is 0.170. The van der Waals surface area contributed by atoms with Crippen molar-refractivity contribution in [1.82, 2.24) is 0 Å². The van der Waals surface area contributed by atoms with Crippen LogP contribution < -0.4 is 0 Å². The molecule has 0 aromatic heterocycles. The number of carbonyl (C=O) groups is 1. The van der Waals surface area contributed by atoms with Crippen molar-refractivity contribution in [2.24, 2.45) is 0 Å². The maximum absolute atomic E-state index is 10.7. The molecule has 1 atom stereocenters. The van der Waals surface area contributed by atoms with Gasteiger partial charge in [0.05, 0.1) is 0 Å². The normalized spacial score (nSPS) is 22.3. The number of Topliss-reactive ketones (excluding diaryl/α,β-unsaturated/α-hetero) is 1. The first-order chi connectivity index (χ1) is 7.05. The van der Waals surface area contributed by atoms with E-state index in [9.17, 15) is 18.0 Å². The number of hydrogen-bond donors (Lipinski definition) is 0. The average molecular weight is 280 g/mol. The van der Waals surface area contributed by atoms with Crippen molar-refractivity contribution >= 4 is 28.5 Å². The SMILES string of the molecule is O=C1CCCCC1[SH2+].O=S(=O)([O-])C(F)(F)F. The molecule has 1 saturated carbocycles. The standard InChI is InChI=1S/C6H10OS.CHF3O3S/c7-5-3-1-2-4-6(5)8;2-1(3,4)8(5,6)7/h6,8H,1-4H2;(H,5,6,7). The quantitative estimate of drug-likeness (QED) is 0.369. The summed E-state index contributed by atoms with van der Waals surface area (Å²) < 4.78 is 58.9. The van der Waals surface area contributed by atoms with Crippen molar-refractivity contribution in [2.45, 2.75) is 36.4 Å². The number of halogens is 3. The van der Waals surface area contributed by atoms with E-state index in [0.29, 0.717) is 5.78 Å². The highest BCUT2D eigenvalue weighted by atomic mass is 32.2. The Balaban J connectivity index is 0.000000281. The Hall–Kier alpha value is -0.280. The van der Waals surface area contributed by atoms with Gasteiger partial charge < -0.3 is 4.55 Å².